The predicted molar refractivity (Wildman–Crippen MR) is 80.5 cm³/mol. The summed E-state index contributed by atoms with van der Waals surface area (Å²) in [5.41, 5.74) is -0.301. The van der Waals surface area contributed by atoms with Gasteiger partial charge in [0.05, 0.1) is 0 Å². The number of hydrogen-bond acceptors (Lipinski definition) is 3. The van der Waals surface area contributed by atoms with Crippen molar-refractivity contribution in [2.45, 2.75) is 77.3 Å². The van der Waals surface area contributed by atoms with E-state index in [1.807, 2.05) is 20.8 Å². The molecule has 1 saturated carbocycles. The maximum atomic E-state index is 11.8. The molecule has 0 aliphatic heterocycles. The van der Waals surface area contributed by atoms with E-state index in [4.69, 9.17) is 0 Å². The number of nitrogens with one attached hydrogen (secondary N) is 2. The summed E-state index contributed by atoms with van der Waals surface area (Å²) in [6.45, 7) is 5.70. The van der Waals surface area contributed by atoms with Crippen LogP contribution in [0.3, 0.4) is 0 Å². The van der Waals surface area contributed by atoms with Gasteiger partial charge >= 0.3 is 0 Å². The smallest absolute Gasteiger partial charge is 0.288 e. The largest absolute Gasteiger partial charge is 0.344 e. The topological polar surface area (TPSA) is 58.2 Å². The Morgan fingerprint density at radius 1 is 0.947 bits per heavy atom. The fourth-order valence-corrected chi connectivity index (χ4v) is 2.96. The van der Waals surface area contributed by atoms with Gasteiger partial charge in [0.25, 0.3) is 10.5 Å². The van der Waals surface area contributed by atoms with E-state index < -0.39 is 0 Å². The zero-order chi connectivity index (χ0) is 14.3. The molecule has 0 atom stereocenters. The molecule has 0 unspecified atom stereocenters. The highest BCUT2D eigenvalue weighted by Crippen LogP contribution is 2.18. The minimum atomic E-state index is -0.301. The molecule has 5 heteroatoms. The second kappa shape index (κ2) is 7.78. The summed E-state index contributed by atoms with van der Waals surface area (Å²) < 4.78 is 0. The predicted octanol–water partition coefficient (Wildman–Crippen LogP) is 4.05. The Morgan fingerprint density at radius 3 is 2.00 bits per heavy atom. The van der Waals surface area contributed by atoms with Gasteiger partial charge in [-0.1, -0.05) is 32.1 Å². The highest BCUT2D eigenvalue weighted by atomic mass is 32.2. The van der Waals surface area contributed by atoms with Crippen LogP contribution >= 0.6 is 11.8 Å². The first kappa shape index (κ1) is 16.3. The van der Waals surface area contributed by atoms with Gasteiger partial charge in [0, 0.05) is 23.3 Å². The van der Waals surface area contributed by atoms with E-state index >= 15 is 0 Å². The van der Waals surface area contributed by atoms with Gasteiger partial charge in [0.15, 0.2) is 0 Å². The van der Waals surface area contributed by atoms with E-state index in [1.54, 1.807) is 0 Å². The minimum absolute atomic E-state index is 0.229. The Hall–Kier alpha value is -0.710. The van der Waals surface area contributed by atoms with Crippen LogP contribution in [0.15, 0.2) is 0 Å². The van der Waals surface area contributed by atoms with Gasteiger partial charge < -0.3 is 10.6 Å². The van der Waals surface area contributed by atoms with Crippen LogP contribution in [0.1, 0.15) is 65.7 Å². The van der Waals surface area contributed by atoms with Gasteiger partial charge in [-0.3, -0.25) is 9.59 Å². The molecule has 0 heterocycles. The lowest BCUT2D eigenvalue weighted by molar-refractivity contribution is 0.250. The molecular weight excluding hydrogens is 260 g/mol. The summed E-state index contributed by atoms with van der Waals surface area (Å²) >= 11 is 0.732. The fourth-order valence-electron chi connectivity index (χ4n) is 2.21. The Labute approximate surface area is 120 Å². The van der Waals surface area contributed by atoms with Crippen LogP contribution in [0.4, 0.5) is 9.59 Å². The quantitative estimate of drug-likeness (QED) is 0.764. The summed E-state index contributed by atoms with van der Waals surface area (Å²) in [5.74, 6) is 0. The molecule has 110 valence electrons. The molecule has 19 heavy (non-hydrogen) atoms. The lowest BCUT2D eigenvalue weighted by Gasteiger charge is -2.22. The minimum Gasteiger partial charge on any atom is -0.344 e. The molecule has 1 rings (SSSR count). The van der Waals surface area contributed by atoms with Crippen LogP contribution < -0.4 is 10.6 Å². The van der Waals surface area contributed by atoms with E-state index in [0.717, 1.165) is 24.6 Å². The first-order valence-corrected chi connectivity index (χ1v) is 7.99. The standard InChI is InChI=1S/C14H26N2O2S/c1-14(2,3)16-13(18)19-12(17)15-11-9-7-5-4-6-8-10-11/h11H,4-10H2,1-3H3,(H,15,17)(H,16,18). The van der Waals surface area contributed by atoms with Crippen LogP contribution in [0, 0.1) is 0 Å². The van der Waals surface area contributed by atoms with Crippen molar-refractivity contribution >= 4 is 22.2 Å². The highest BCUT2D eigenvalue weighted by molar-refractivity contribution is 8.26. The van der Waals surface area contributed by atoms with E-state index in [1.165, 1.54) is 32.1 Å². The van der Waals surface area contributed by atoms with Crippen molar-refractivity contribution in [2.75, 3.05) is 0 Å². The summed E-state index contributed by atoms with van der Waals surface area (Å²) in [4.78, 5) is 23.4. The van der Waals surface area contributed by atoms with Gasteiger partial charge in [-0.25, -0.2) is 0 Å². The molecule has 0 aromatic heterocycles. The van der Waals surface area contributed by atoms with Crippen molar-refractivity contribution in [2.24, 2.45) is 0 Å². The molecule has 0 radical (unpaired) electrons. The SMILES string of the molecule is CC(C)(C)NC(=O)SC(=O)NC1CCCCCCC1. The van der Waals surface area contributed by atoms with Crippen LogP contribution in [0.5, 0.6) is 0 Å². The molecule has 4 nitrogen and oxygen atoms in total. The lowest BCUT2D eigenvalue weighted by Crippen LogP contribution is -2.40. The van der Waals surface area contributed by atoms with Crippen molar-refractivity contribution in [1.29, 1.82) is 0 Å². The molecule has 2 N–H and O–H groups in total. The second-order valence-corrected chi connectivity index (χ2v) is 7.18. The third-order valence-corrected chi connectivity index (χ3v) is 3.68. The summed E-state index contributed by atoms with van der Waals surface area (Å²) in [5, 5.41) is 5.23. The highest BCUT2D eigenvalue weighted by Gasteiger charge is 2.20. The van der Waals surface area contributed by atoms with Crippen molar-refractivity contribution < 1.29 is 9.59 Å². The molecule has 1 fully saturated rings. The number of thioether (sulfide) groups is 1. The zero-order valence-corrected chi connectivity index (χ0v) is 13.1. The first-order chi connectivity index (χ1) is 8.87. The Kier molecular flexibility index (Phi) is 6.69. The number of carbonyl (C=O) groups is 2. The normalized spacial score (nSPS) is 18.3. The van der Waals surface area contributed by atoms with E-state index in [-0.39, 0.29) is 22.1 Å². The van der Waals surface area contributed by atoms with E-state index in [0.29, 0.717) is 0 Å². The van der Waals surface area contributed by atoms with Gasteiger partial charge in [0.2, 0.25) is 0 Å². The third kappa shape index (κ3) is 8.14. The number of carbonyl (C=O) groups excluding carboxylic acids is 2. The molecule has 0 bridgehead atoms. The zero-order valence-electron chi connectivity index (χ0n) is 12.3. The van der Waals surface area contributed by atoms with Gasteiger partial charge in [-0.15, -0.1) is 0 Å². The van der Waals surface area contributed by atoms with Crippen LogP contribution in [0.25, 0.3) is 0 Å². The average molecular weight is 286 g/mol. The Balaban J connectivity index is 2.31. The fraction of sp³-hybridized carbons (Fsp3) is 0.857. The van der Waals surface area contributed by atoms with Crippen LogP contribution in [-0.2, 0) is 0 Å². The molecular formula is C14H26N2O2S. The Bertz CT molecular complexity index is 305. The molecule has 0 aromatic carbocycles. The third-order valence-electron chi connectivity index (χ3n) is 3.09. The second-order valence-electron chi connectivity index (χ2n) is 6.24. The van der Waals surface area contributed by atoms with Gasteiger partial charge in [0.1, 0.15) is 0 Å². The molecule has 0 aromatic rings. The Morgan fingerprint density at radius 2 is 1.47 bits per heavy atom. The van der Waals surface area contributed by atoms with Crippen LogP contribution in [0.2, 0.25) is 0 Å². The molecule has 0 saturated heterocycles. The first-order valence-electron chi connectivity index (χ1n) is 7.17. The summed E-state index contributed by atoms with van der Waals surface area (Å²) in [6, 6.07) is 0.239. The molecule has 1 aliphatic carbocycles. The average Bonchev–Trinajstić information content (AvgIpc) is 2.18. The van der Waals surface area contributed by atoms with Crippen molar-refractivity contribution in [3.8, 4) is 0 Å². The molecule has 2 amide bonds. The monoisotopic (exact) mass is 286 g/mol. The number of hydrogen-bond donors (Lipinski definition) is 2. The van der Waals surface area contributed by atoms with Crippen molar-refractivity contribution in [3.63, 3.8) is 0 Å². The maximum Gasteiger partial charge on any atom is 0.288 e. The van der Waals surface area contributed by atoms with E-state index in [2.05, 4.69) is 10.6 Å². The lowest BCUT2D eigenvalue weighted by atomic mass is 9.97. The van der Waals surface area contributed by atoms with E-state index in [9.17, 15) is 9.59 Å². The summed E-state index contributed by atoms with van der Waals surface area (Å²) in [6.07, 6.45) is 8.23. The maximum absolute atomic E-state index is 11.8. The van der Waals surface area contributed by atoms with Gasteiger partial charge in [-0.2, -0.15) is 0 Å². The number of amides is 2. The van der Waals surface area contributed by atoms with Crippen LogP contribution in [-0.4, -0.2) is 22.1 Å². The molecule has 1 aliphatic rings. The van der Waals surface area contributed by atoms with Crippen molar-refractivity contribution in [3.05, 3.63) is 0 Å². The number of rotatable bonds is 1. The summed E-state index contributed by atoms with van der Waals surface area (Å²) in [7, 11) is 0. The van der Waals surface area contributed by atoms with Crippen molar-refractivity contribution in [1.82, 2.24) is 10.6 Å². The molecule has 0 spiro atoms. The van der Waals surface area contributed by atoms with Gasteiger partial charge in [-0.05, 0) is 33.6 Å².